The fourth-order valence-electron chi connectivity index (χ4n) is 2.70. The Bertz CT molecular complexity index is 767. The number of morpholine rings is 1. The highest BCUT2D eigenvalue weighted by atomic mass is 19.3. The molecule has 2 amide bonds. The second-order valence-electron chi connectivity index (χ2n) is 5.64. The third kappa shape index (κ3) is 4.07. The largest absolute Gasteiger partial charge is 0.417 e. The molecule has 2 aromatic rings. The van der Waals surface area contributed by atoms with Crippen LogP contribution in [0.1, 0.15) is 11.6 Å². The number of carbonyl (C=O) groups excluding carboxylic acids is 1. The number of urea groups is 1. The summed E-state index contributed by atoms with van der Waals surface area (Å²) in [4.78, 5) is 14.1. The number of aryl methyl sites for hydroxylation is 1. The van der Waals surface area contributed by atoms with Crippen molar-refractivity contribution in [2.45, 2.75) is 12.7 Å². The fourth-order valence-corrected chi connectivity index (χ4v) is 2.70. The number of amides is 2. The fraction of sp³-hybridized carbons (Fsp3) is 0.375. The third-order valence-electron chi connectivity index (χ3n) is 3.93. The lowest BCUT2D eigenvalue weighted by atomic mass is 10.1. The van der Waals surface area contributed by atoms with Crippen LogP contribution >= 0.6 is 0 Å². The standard InChI is InChI=1S/C16H17F3N4O3/c1-22-14(26-15(18)19)8-13(21-22)20-16(24)23-6-7-25-9-12(23)10-2-4-11(17)5-3-10/h2-5,8,12,15H,6-7,9H2,1H3,(H,20,21,24)/t12-/m0/s1. The van der Waals surface area contributed by atoms with Gasteiger partial charge in [-0.15, -0.1) is 0 Å². The number of nitrogens with one attached hydrogen (secondary N) is 1. The number of hydrogen-bond donors (Lipinski definition) is 1. The molecule has 0 bridgehead atoms. The van der Waals surface area contributed by atoms with E-state index < -0.39 is 18.7 Å². The van der Waals surface area contributed by atoms with E-state index >= 15 is 0 Å². The van der Waals surface area contributed by atoms with Gasteiger partial charge < -0.3 is 14.4 Å². The van der Waals surface area contributed by atoms with Crippen LogP contribution in [0.4, 0.5) is 23.8 Å². The van der Waals surface area contributed by atoms with Crippen molar-refractivity contribution in [2.24, 2.45) is 7.05 Å². The number of benzene rings is 1. The Morgan fingerprint density at radius 1 is 1.38 bits per heavy atom. The second-order valence-corrected chi connectivity index (χ2v) is 5.64. The summed E-state index contributed by atoms with van der Waals surface area (Å²) in [5.74, 6) is -0.466. The van der Waals surface area contributed by atoms with Gasteiger partial charge in [0.2, 0.25) is 5.88 Å². The van der Waals surface area contributed by atoms with Crippen molar-refractivity contribution in [3.63, 3.8) is 0 Å². The zero-order valence-corrected chi connectivity index (χ0v) is 13.9. The summed E-state index contributed by atoms with van der Waals surface area (Å²) in [7, 11) is 1.42. The van der Waals surface area contributed by atoms with Crippen LogP contribution in [0.3, 0.4) is 0 Å². The number of carbonyl (C=O) groups is 1. The zero-order chi connectivity index (χ0) is 18.7. The maximum Gasteiger partial charge on any atom is 0.388 e. The first kappa shape index (κ1) is 18.1. The molecular weight excluding hydrogens is 353 g/mol. The lowest BCUT2D eigenvalue weighted by Crippen LogP contribution is -2.45. The molecule has 0 unspecified atom stereocenters. The van der Waals surface area contributed by atoms with E-state index in [0.29, 0.717) is 13.2 Å². The van der Waals surface area contributed by atoms with Crippen molar-refractivity contribution in [2.75, 3.05) is 25.1 Å². The van der Waals surface area contributed by atoms with E-state index in [4.69, 9.17) is 4.74 Å². The van der Waals surface area contributed by atoms with E-state index in [1.165, 1.54) is 30.1 Å². The minimum Gasteiger partial charge on any atom is -0.417 e. The Kier molecular flexibility index (Phi) is 5.31. The molecule has 0 saturated carbocycles. The number of rotatable bonds is 4. The van der Waals surface area contributed by atoms with E-state index in [2.05, 4.69) is 15.2 Å². The first-order valence-corrected chi connectivity index (χ1v) is 7.83. The Balaban J connectivity index is 1.73. The van der Waals surface area contributed by atoms with Crippen LogP contribution in [0.5, 0.6) is 5.88 Å². The molecule has 7 nitrogen and oxygen atoms in total. The molecule has 1 aliphatic heterocycles. The summed E-state index contributed by atoms with van der Waals surface area (Å²) in [5, 5.41) is 6.48. The summed E-state index contributed by atoms with van der Waals surface area (Å²) in [6.07, 6.45) is 0. The average molecular weight is 370 g/mol. The minimum atomic E-state index is -2.99. The van der Waals surface area contributed by atoms with Crippen molar-refractivity contribution in [3.8, 4) is 5.88 Å². The monoisotopic (exact) mass is 370 g/mol. The normalized spacial score (nSPS) is 17.4. The van der Waals surface area contributed by atoms with Crippen LogP contribution in [0.25, 0.3) is 0 Å². The molecule has 2 heterocycles. The summed E-state index contributed by atoms with van der Waals surface area (Å²) >= 11 is 0. The van der Waals surface area contributed by atoms with E-state index in [0.717, 1.165) is 10.2 Å². The third-order valence-corrected chi connectivity index (χ3v) is 3.93. The first-order chi connectivity index (χ1) is 12.4. The van der Waals surface area contributed by atoms with Crippen LogP contribution in [-0.2, 0) is 11.8 Å². The molecule has 1 fully saturated rings. The van der Waals surface area contributed by atoms with Gasteiger partial charge in [0.15, 0.2) is 5.82 Å². The van der Waals surface area contributed by atoms with Crippen LogP contribution in [0, 0.1) is 5.82 Å². The molecule has 0 radical (unpaired) electrons. The molecule has 1 aromatic carbocycles. The Hall–Kier alpha value is -2.75. The van der Waals surface area contributed by atoms with Crippen LogP contribution in [0.15, 0.2) is 30.3 Å². The molecule has 1 aliphatic rings. The van der Waals surface area contributed by atoms with Gasteiger partial charge in [0.05, 0.1) is 19.3 Å². The minimum absolute atomic E-state index is 0.0810. The van der Waals surface area contributed by atoms with Crippen molar-refractivity contribution < 1.29 is 27.4 Å². The zero-order valence-electron chi connectivity index (χ0n) is 13.9. The number of nitrogens with zero attached hydrogens (tertiary/aromatic N) is 3. The summed E-state index contributed by atoms with van der Waals surface area (Å²) in [6, 6.07) is 6.14. The van der Waals surface area contributed by atoms with Gasteiger partial charge in [-0.1, -0.05) is 12.1 Å². The summed E-state index contributed by atoms with van der Waals surface area (Å²) in [5.41, 5.74) is 0.726. The number of ether oxygens (including phenoxy) is 2. The van der Waals surface area contributed by atoms with Crippen molar-refractivity contribution in [1.29, 1.82) is 0 Å². The van der Waals surface area contributed by atoms with Crippen LogP contribution < -0.4 is 10.1 Å². The molecule has 0 spiro atoms. The van der Waals surface area contributed by atoms with Gasteiger partial charge in [0.25, 0.3) is 0 Å². The Morgan fingerprint density at radius 3 is 2.81 bits per heavy atom. The molecule has 1 N–H and O–H groups in total. The molecular formula is C16H17F3N4O3. The number of aromatic nitrogens is 2. The Morgan fingerprint density at radius 2 is 2.12 bits per heavy atom. The van der Waals surface area contributed by atoms with E-state index in [1.54, 1.807) is 12.1 Å². The highest BCUT2D eigenvalue weighted by Gasteiger charge is 2.29. The summed E-state index contributed by atoms with van der Waals surface area (Å²) < 4.78 is 48.6. The summed E-state index contributed by atoms with van der Waals surface area (Å²) in [6.45, 7) is -2.05. The number of alkyl halides is 2. The smallest absolute Gasteiger partial charge is 0.388 e. The molecule has 0 aliphatic carbocycles. The van der Waals surface area contributed by atoms with E-state index in [-0.39, 0.29) is 24.1 Å². The second kappa shape index (κ2) is 7.65. The van der Waals surface area contributed by atoms with Gasteiger partial charge in [0, 0.05) is 19.7 Å². The van der Waals surface area contributed by atoms with Crippen LogP contribution in [-0.4, -0.2) is 47.1 Å². The predicted molar refractivity (Wildman–Crippen MR) is 85.5 cm³/mol. The first-order valence-electron chi connectivity index (χ1n) is 7.83. The molecule has 26 heavy (non-hydrogen) atoms. The SMILES string of the molecule is Cn1nc(NC(=O)N2CCOC[C@H]2c2ccc(F)cc2)cc1OC(F)F. The lowest BCUT2D eigenvalue weighted by Gasteiger charge is -2.35. The van der Waals surface area contributed by atoms with Crippen LogP contribution in [0.2, 0.25) is 0 Å². The molecule has 1 atom stereocenters. The van der Waals surface area contributed by atoms with Gasteiger partial charge in [0.1, 0.15) is 5.82 Å². The van der Waals surface area contributed by atoms with Gasteiger partial charge in [-0.05, 0) is 17.7 Å². The molecule has 1 aromatic heterocycles. The number of hydrogen-bond acceptors (Lipinski definition) is 4. The number of halogens is 3. The van der Waals surface area contributed by atoms with Crippen molar-refractivity contribution >= 4 is 11.8 Å². The van der Waals surface area contributed by atoms with Gasteiger partial charge >= 0.3 is 12.6 Å². The van der Waals surface area contributed by atoms with Gasteiger partial charge in [-0.25, -0.2) is 13.9 Å². The lowest BCUT2D eigenvalue weighted by molar-refractivity contribution is -0.0553. The topological polar surface area (TPSA) is 68.6 Å². The number of anilines is 1. The van der Waals surface area contributed by atoms with Gasteiger partial charge in [-0.3, -0.25) is 5.32 Å². The van der Waals surface area contributed by atoms with Crippen molar-refractivity contribution in [3.05, 3.63) is 41.7 Å². The van der Waals surface area contributed by atoms with Gasteiger partial charge in [-0.2, -0.15) is 13.9 Å². The molecule has 3 rings (SSSR count). The molecule has 10 heteroatoms. The van der Waals surface area contributed by atoms with E-state index in [9.17, 15) is 18.0 Å². The maximum atomic E-state index is 13.1. The molecule has 1 saturated heterocycles. The van der Waals surface area contributed by atoms with Crippen molar-refractivity contribution in [1.82, 2.24) is 14.7 Å². The van der Waals surface area contributed by atoms with E-state index in [1.807, 2.05) is 0 Å². The highest BCUT2D eigenvalue weighted by Crippen LogP contribution is 2.26. The highest BCUT2D eigenvalue weighted by molar-refractivity contribution is 5.88. The quantitative estimate of drug-likeness (QED) is 0.899. The maximum absolute atomic E-state index is 13.1. The Labute approximate surface area is 147 Å². The predicted octanol–water partition coefficient (Wildman–Crippen LogP) is 2.77. The average Bonchev–Trinajstić information content (AvgIpc) is 2.94. The molecule has 140 valence electrons.